The molecular weight excluding hydrogens is 232 g/mol. The van der Waals surface area contributed by atoms with Crippen molar-refractivity contribution in [2.45, 2.75) is 6.92 Å². The van der Waals surface area contributed by atoms with Crippen LogP contribution in [0.15, 0.2) is 36.5 Å². The van der Waals surface area contributed by atoms with Crippen LogP contribution in [-0.4, -0.2) is 16.0 Å². The zero-order chi connectivity index (χ0) is 13.1. The second kappa shape index (κ2) is 4.75. The zero-order valence-electron chi connectivity index (χ0n) is 9.75. The van der Waals surface area contributed by atoms with Gasteiger partial charge in [-0.2, -0.15) is 0 Å². The maximum absolute atomic E-state index is 10.9. The van der Waals surface area contributed by atoms with Gasteiger partial charge in [-0.3, -0.25) is 4.79 Å². The number of nitrogens with zero attached hydrogens (tertiary/aromatic N) is 1. The van der Waals surface area contributed by atoms with E-state index in [2.05, 4.69) is 4.98 Å². The molecule has 1 heterocycles. The van der Waals surface area contributed by atoms with Crippen molar-refractivity contribution in [3.63, 3.8) is 0 Å². The summed E-state index contributed by atoms with van der Waals surface area (Å²) in [7, 11) is 0. The van der Waals surface area contributed by atoms with Gasteiger partial charge >= 0.3 is 0 Å². The fourth-order valence-corrected chi connectivity index (χ4v) is 1.41. The number of nitrogens with two attached hydrogens (primary N) is 1. The van der Waals surface area contributed by atoms with E-state index in [9.17, 15) is 9.90 Å². The lowest BCUT2D eigenvalue weighted by Crippen LogP contribution is -2.10. The zero-order valence-corrected chi connectivity index (χ0v) is 9.75. The number of ether oxygens (including phenoxy) is 1. The molecule has 0 fully saturated rings. The minimum absolute atomic E-state index is 0.154. The minimum Gasteiger partial charge on any atom is -0.508 e. The first-order valence-corrected chi connectivity index (χ1v) is 5.30. The van der Waals surface area contributed by atoms with Crippen molar-refractivity contribution in [1.29, 1.82) is 0 Å². The molecule has 0 aliphatic carbocycles. The van der Waals surface area contributed by atoms with Crippen LogP contribution in [0.4, 0.5) is 0 Å². The Morgan fingerprint density at radius 3 is 2.72 bits per heavy atom. The van der Waals surface area contributed by atoms with Crippen LogP contribution >= 0.6 is 0 Å². The number of phenolic OH excluding ortho intramolecular Hbond substituents is 1. The van der Waals surface area contributed by atoms with Gasteiger partial charge in [-0.05, 0) is 25.1 Å². The summed E-state index contributed by atoms with van der Waals surface area (Å²) < 4.78 is 5.50. The lowest BCUT2D eigenvalue weighted by molar-refractivity contribution is 0.1000. The van der Waals surface area contributed by atoms with E-state index >= 15 is 0 Å². The molecule has 1 aromatic carbocycles. The van der Waals surface area contributed by atoms with Crippen LogP contribution in [0.3, 0.4) is 0 Å². The number of phenols is 1. The highest BCUT2D eigenvalue weighted by Crippen LogP contribution is 2.29. The molecule has 0 atom stereocenters. The topological polar surface area (TPSA) is 85.4 Å². The van der Waals surface area contributed by atoms with Gasteiger partial charge in [-0.15, -0.1) is 0 Å². The number of aromatic nitrogens is 1. The Kier molecular flexibility index (Phi) is 3.14. The molecule has 92 valence electrons. The van der Waals surface area contributed by atoms with Crippen molar-refractivity contribution in [3.8, 4) is 17.4 Å². The fourth-order valence-electron chi connectivity index (χ4n) is 1.41. The van der Waals surface area contributed by atoms with E-state index in [0.717, 1.165) is 0 Å². The molecule has 2 rings (SSSR count). The van der Waals surface area contributed by atoms with E-state index in [1.54, 1.807) is 31.2 Å². The Hall–Kier alpha value is -2.56. The second-order valence-electron chi connectivity index (χ2n) is 3.75. The van der Waals surface area contributed by atoms with Gasteiger partial charge < -0.3 is 15.6 Å². The molecule has 18 heavy (non-hydrogen) atoms. The maximum Gasteiger partial charge on any atom is 0.250 e. The molecular formula is C13H12N2O3. The molecule has 5 nitrogen and oxygen atoms in total. The van der Waals surface area contributed by atoms with E-state index in [1.807, 2.05) is 0 Å². The third kappa shape index (κ3) is 2.40. The molecule has 2 aromatic rings. The molecule has 0 saturated carbocycles. The van der Waals surface area contributed by atoms with Crippen LogP contribution in [-0.2, 0) is 0 Å². The predicted molar refractivity (Wildman–Crippen MR) is 65.7 cm³/mol. The van der Waals surface area contributed by atoms with Gasteiger partial charge in [-0.1, -0.05) is 6.07 Å². The summed E-state index contributed by atoms with van der Waals surface area (Å²) in [6, 6.07) is 8.05. The molecule has 0 saturated heterocycles. The van der Waals surface area contributed by atoms with Crippen molar-refractivity contribution in [3.05, 3.63) is 47.7 Å². The number of carbonyl (C=O) groups excluding carboxylic acids is 1. The number of rotatable bonds is 3. The normalized spacial score (nSPS) is 10.1. The summed E-state index contributed by atoms with van der Waals surface area (Å²) in [6.45, 7) is 1.74. The minimum atomic E-state index is -0.539. The SMILES string of the molecule is Cc1c(O)cccc1Oc1ccc(C(N)=O)cn1. The summed E-state index contributed by atoms with van der Waals surface area (Å²) in [6.07, 6.45) is 1.34. The predicted octanol–water partition coefficient (Wildman–Crippen LogP) is 1.99. The summed E-state index contributed by atoms with van der Waals surface area (Å²) >= 11 is 0. The molecule has 0 aliphatic rings. The van der Waals surface area contributed by atoms with Crippen LogP contribution in [0.1, 0.15) is 15.9 Å². The number of hydrogen-bond donors (Lipinski definition) is 2. The highest BCUT2D eigenvalue weighted by molar-refractivity contribution is 5.92. The number of benzene rings is 1. The van der Waals surface area contributed by atoms with Crippen molar-refractivity contribution >= 4 is 5.91 Å². The fraction of sp³-hybridized carbons (Fsp3) is 0.0769. The van der Waals surface area contributed by atoms with Crippen LogP contribution in [0.2, 0.25) is 0 Å². The number of amides is 1. The molecule has 3 N–H and O–H groups in total. The third-order valence-corrected chi connectivity index (χ3v) is 2.49. The van der Waals surface area contributed by atoms with Crippen LogP contribution in [0, 0.1) is 6.92 Å². The van der Waals surface area contributed by atoms with Crippen molar-refractivity contribution in [2.75, 3.05) is 0 Å². The first kappa shape index (κ1) is 11.9. The number of primary amides is 1. The van der Waals surface area contributed by atoms with Crippen LogP contribution < -0.4 is 10.5 Å². The smallest absolute Gasteiger partial charge is 0.250 e. The van der Waals surface area contributed by atoms with E-state index in [4.69, 9.17) is 10.5 Å². The van der Waals surface area contributed by atoms with Gasteiger partial charge in [0.1, 0.15) is 11.5 Å². The average molecular weight is 244 g/mol. The van der Waals surface area contributed by atoms with Gasteiger partial charge in [-0.25, -0.2) is 4.98 Å². The van der Waals surface area contributed by atoms with Gasteiger partial charge in [0.25, 0.3) is 0 Å². The lowest BCUT2D eigenvalue weighted by Gasteiger charge is -2.08. The van der Waals surface area contributed by atoms with Crippen molar-refractivity contribution in [1.82, 2.24) is 4.98 Å². The highest BCUT2D eigenvalue weighted by atomic mass is 16.5. The molecule has 0 bridgehead atoms. The molecule has 0 aliphatic heterocycles. The van der Waals surface area contributed by atoms with Crippen molar-refractivity contribution in [2.24, 2.45) is 5.73 Å². The van der Waals surface area contributed by atoms with Gasteiger partial charge in [0.15, 0.2) is 0 Å². The molecule has 0 unspecified atom stereocenters. The second-order valence-corrected chi connectivity index (χ2v) is 3.75. The third-order valence-electron chi connectivity index (χ3n) is 2.49. The maximum atomic E-state index is 10.9. The van der Waals surface area contributed by atoms with E-state index in [-0.39, 0.29) is 5.75 Å². The number of carbonyl (C=O) groups is 1. The molecule has 5 heteroatoms. The molecule has 1 amide bonds. The number of aromatic hydroxyl groups is 1. The molecule has 0 radical (unpaired) electrons. The quantitative estimate of drug-likeness (QED) is 0.864. The summed E-state index contributed by atoms with van der Waals surface area (Å²) in [5, 5.41) is 9.53. The van der Waals surface area contributed by atoms with E-state index in [0.29, 0.717) is 22.8 Å². The Labute approximate surface area is 104 Å². The first-order chi connectivity index (χ1) is 8.58. The summed E-state index contributed by atoms with van der Waals surface area (Å²) in [5.74, 6) is 0.451. The number of hydrogen-bond acceptors (Lipinski definition) is 4. The Morgan fingerprint density at radius 1 is 1.33 bits per heavy atom. The van der Waals surface area contributed by atoms with E-state index < -0.39 is 5.91 Å². The largest absolute Gasteiger partial charge is 0.508 e. The van der Waals surface area contributed by atoms with Crippen molar-refractivity contribution < 1.29 is 14.6 Å². The van der Waals surface area contributed by atoms with Gasteiger partial charge in [0.2, 0.25) is 11.8 Å². The Bertz CT molecular complexity index is 579. The Balaban J connectivity index is 2.24. The van der Waals surface area contributed by atoms with Gasteiger partial charge in [0, 0.05) is 17.8 Å². The standard InChI is InChI=1S/C13H12N2O3/c1-8-10(16)3-2-4-11(8)18-12-6-5-9(7-15-12)13(14)17/h2-7,16H,1H3,(H2,14,17). The average Bonchev–Trinajstić information content (AvgIpc) is 2.36. The number of pyridine rings is 1. The van der Waals surface area contributed by atoms with Crippen LogP contribution in [0.25, 0.3) is 0 Å². The van der Waals surface area contributed by atoms with Gasteiger partial charge in [0.05, 0.1) is 5.56 Å². The lowest BCUT2D eigenvalue weighted by atomic mass is 10.2. The summed E-state index contributed by atoms with van der Waals surface area (Å²) in [4.78, 5) is 14.8. The monoisotopic (exact) mass is 244 g/mol. The van der Waals surface area contributed by atoms with Crippen LogP contribution in [0.5, 0.6) is 17.4 Å². The highest BCUT2D eigenvalue weighted by Gasteiger charge is 2.06. The molecule has 1 aromatic heterocycles. The molecule has 0 spiro atoms. The van der Waals surface area contributed by atoms with E-state index in [1.165, 1.54) is 12.3 Å². The Morgan fingerprint density at radius 2 is 2.11 bits per heavy atom. The summed E-state index contributed by atoms with van der Waals surface area (Å²) in [5.41, 5.74) is 6.05. The first-order valence-electron chi connectivity index (χ1n) is 5.30.